The summed E-state index contributed by atoms with van der Waals surface area (Å²) in [5, 5.41) is 11.2. The van der Waals surface area contributed by atoms with Crippen molar-refractivity contribution in [1.82, 2.24) is 0 Å². The lowest BCUT2D eigenvalue weighted by atomic mass is 9.87. The van der Waals surface area contributed by atoms with Crippen LogP contribution in [0.2, 0.25) is 0 Å². The number of anilines is 1. The Hall–Kier alpha value is -2.71. The quantitative estimate of drug-likeness (QED) is 0.633. The lowest BCUT2D eigenvalue weighted by Gasteiger charge is -2.46. The molecule has 0 aromatic heterocycles. The molecule has 1 spiro atoms. The summed E-state index contributed by atoms with van der Waals surface area (Å²) < 4.78 is 14.0. The molecule has 0 amide bonds. The predicted molar refractivity (Wildman–Crippen MR) is 89.3 cm³/mol. The van der Waals surface area contributed by atoms with Gasteiger partial charge < -0.3 is 11.5 Å². The minimum absolute atomic E-state index is 0.0763. The van der Waals surface area contributed by atoms with Crippen LogP contribution >= 0.6 is 0 Å². The smallest absolute Gasteiger partial charge is 0.277 e. The molecule has 1 saturated carbocycles. The third-order valence-electron chi connectivity index (χ3n) is 4.61. The Morgan fingerprint density at radius 2 is 1.96 bits per heavy atom. The van der Waals surface area contributed by atoms with Gasteiger partial charge in [0.05, 0.1) is 22.2 Å². The van der Waals surface area contributed by atoms with Gasteiger partial charge in [-0.05, 0) is 38.7 Å². The Morgan fingerprint density at radius 1 is 1.29 bits per heavy atom. The summed E-state index contributed by atoms with van der Waals surface area (Å²) in [6.07, 6.45) is 4.24. The van der Waals surface area contributed by atoms with Gasteiger partial charge in [0.1, 0.15) is 11.5 Å². The topological polar surface area (TPSA) is 123 Å². The number of hydrogen-bond acceptors (Lipinski definition) is 7. The van der Waals surface area contributed by atoms with Crippen molar-refractivity contribution in [2.75, 3.05) is 4.90 Å². The third-order valence-corrected chi connectivity index (χ3v) is 4.61. The van der Waals surface area contributed by atoms with Gasteiger partial charge in [0, 0.05) is 0 Å². The second kappa shape index (κ2) is 5.73. The minimum Gasteiger partial charge on any atom is -0.369 e. The molecule has 1 aromatic rings. The van der Waals surface area contributed by atoms with Crippen molar-refractivity contribution in [3.63, 3.8) is 0 Å². The molecule has 0 radical (unpaired) electrons. The van der Waals surface area contributed by atoms with E-state index in [0.29, 0.717) is 24.1 Å². The van der Waals surface area contributed by atoms with Crippen molar-refractivity contribution in [1.29, 1.82) is 0 Å². The number of halogens is 1. The van der Waals surface area contributed by atoms with E-state index < -0.39 is 16.4 Å². The largest absolute Gasteiger partial charge is 0.369 e. The Balaban J connectivity index is 2.19. The number of nitrogens with two attached hydrogens (primary N) is 2. The Labute approximate surface area is 138 Å². The summed E-state index contributed by atoms with van der Waals surface area (Å²) in [7, 11) is 0. The second-order valence-electron chi connectivity index (χ2n) is 6.14. The maximum Gasteiger partial charge on any atom is 0.277 e. The lowest BCUT2D eigenvalue weighted by Crippen LogP contribution is -2.58. The highest BCUT2D eigenvalue weighted by Crippen LogP contribution is 2.42. The zero-order valence-electron chi connectivity index (χ0n) is 13.3. The highest BCUT2D eigenvalue weighted by atomic mass is 19.1. The molecule has 8 nitrogen and oxygen atoms in total. The number of nitro benzene ring substituents is 1. The normalized spacial score (nSPS) is 19.8. The van der Waals surface area contributed by atoms with Crippen LogP contribution in [0.15, 0.2) is 22.1 Å². The van der Waals surface area contributed by atoms with E-state index in [2.05, 4.69) is 9.98 Å². The molecule has 1 heterocycles. The molecule has 128 valence electrons. The van der Waals surface area contributed by atoms with Gasteiger partial charge in [-0.2, -0.15) is 4.99 Å². The average molecular weight is 334 g/mol. The molecule has 4 N–H and O–H groups in total. The molecule has 1 aromatic carbocycles. The van der Waals surface area contributed by atoms with E-state index in [1.54, 1.807) is 11.8 Å². The number of nitro groups is 1. The maximum atomic E-state index is 14.0. The summed E-state index contributed by atoms with van der Waals surface area (Å²) in [6, 6.07) is 2.14. The third kappa shape index (κ3) is 2.55. The highest BCUT2D eigenvalue weighted by molar-refractivity contribution is 6.06. The fourth-order valence-corrected chi connectivity index (χ4v) is 3.54. The van der Waals surface area contributed by atoms with Gasteiger partial charge in [0.2, 0.25) is 11.9 Å². The van der Waals surface area contributed by atoms with Crippen LogP contribution in [0, 0.1) is 22.9 Å². The first-order chi connectivity index (χ1) is 11.3. The SMILES string of the molecule is Cc1c(N2C(N)=NC(N)=NC23CCCCC3)cc(F)cc1[N+](=O)[O-]. The van der Waals surface area contributed by atoms with Gasteiger partial charge >= 0.3 is 0 Å². The molecule has 0 atom stereocenters. The first kappa shape index (κ1) is 16.2. The van der Waals surface area contributed by atoms with Gasteiger partial charge in [-0.25, -0.2) is 9.38 Å². The van der Waals surface area contributed by atoms with E-state index in [1.807, 2.05) is 0 Å². The summed E-state index contributed by atoms with van der Waals surface area (Å²) >= 11 is 0. The van der Waals surface area contributed by atoms with Gasteiger partial charge in [-0.1, -0.05) is 6.42 Å². The molecule has 1 aliphatic carbocycles. The lowest BCUT2D eigenvalue weighted by molar-refractivity contribution is -0.385. The summed E-state index contributed by atoms with van der Waals surface area (Å²) in [5.74, 6) is -0.551. The fourth-order valence-electron chi connectivity index (χ4n) is 3.54. The van der Waals surface area contributed by atoms with Crippen LogP contribution in [-0.2, 0) is 0 Å². The maximum absolute atomic E-state index is 14.0. The predicted octanol–water partition coefficient (Wildman–Crippen LogP) is 2.15. The van der Waals surface area contributed by atoms with Crippen molar-refractivity contribution in [3.8, 4) is 0 Å². The Morgan fingerprint density at radius 3 is 2.58 bits per heavy atom. The number of rotatable bonds is 2. The van der Waals surface area contributed by atoms with Crippen LogP contribution in [-0.4, -0.2) is 22.5 Å². The van der Waals surface area contributed by atoms with Crippen molar-refractivity contribution >= 4 is 23.3 Å². The number of benzene rings is 1. The van der Waals surface area contributed by atoms with E-state index in [4.69, 9.17) is 11.5 Å². The Kier molecular flexibility index (Phi) is 3.86. The van der Waals surface area contributed by atoms with Crippen molar-refractivity contribution < 1.29 is 9.31 Å². The zero-order valence-corrected chi connectivity index (χ0v) is 13.3. The van der Waals surface area contributed by atoms with Crippen LogP contribution < -0.4 is 16.4 Å². The average Bonchev–Trinajstić information content (AvgIpc) is 2.50. The van der Waals surface area contributed by atoms with E-state index >= 15 is 0 Å². The van der Waals surface area contributed by atoms with E-state index in [-0.39, 0.29) is 17.6 Å². The van der Waals surface area contributed by atoms with Crippen LogP contribution in [0.1, 0.15) is 37.7 Å². The number of hydrogen-bond donors (Lipinski definition) is 2. The molecule has 3 rings (SSSR count). The summed E-state index contributed by atoms with van der Waals surface area (Å²) in [4.78, 5) is 20.7. The van der Waals surface area contributed by atoms with Crippen LogP contribution in [0.25, 0.3) is 0 Å². The van der Waals surface area contributed by atoms with E-state index in [9.17, 15) is 14.5 Å². The van der Waals surface area contributed by atoms with Crippen LogP contribution in [0.4, 0.5) is 15.8 Å². The monoisotopic (exact) mass is 334 g/mol. The first-order valence-corrected chi connectivity index (χ1v) is 7.78. The van der Waals surface area contributed by atoms with Crippen molar-refractivity contribution in [2.45, 2.75) is 44.7 Å². The second-order valence-corrected chi connectivity index (χ2v) is 6.14. The van der Waals surface area contributed by atoms with Gasteiger partial charge in [0.25, 0.3) is 5.69 Å². The first-order valence-electron chi connectivity index (χ1n) is 7.78. The minimum atomic E-state index is -0.763. The summed E-state index contributed by atoms with van der Waals surface area (Å²) in [5.41, 5.74) is 11.4. The molecule has 2 aliphatic rings. The molecule has 0 bridgehead atoms. The number of guanidine groups is 2. The molecule has 0 saturated heterocycles. The van der Waals surface area contributed by atoms with Gasteiger partial charge in [-0.15, -0.1) is 0 Å². The van der Waals surface area contributed by atoms with E-state index in [1.165, 1.54) is 6.07 Å². The van der Waals surface area contributed by atoms with Crippen molar-refractivity contribution in [2.24, 2.45) is 21.5 Å². The molecule has 9 heteroatoms. The molecule has 24 heavy (non-hydrogen) atoms. The molecular weight excluding hydrogens is 315 g/mol. The Bertz CT molecular complexity index is 755. The number of aliphatic imine (C=N–C) groups is 2. The van der Waals surface area contributed by atoms with E-state index in [0.717, 1.165) is 25.3 Å². The van der Waals surface area contributed by atoms with Crippen molar-refractivity contribution in [3.05, 3.63) is 33.6 Å². The van der Waals surface area contributed by atoms with Gasteiger partial charge in [0.15, 0.2) is 0 Å². The van der Waals surface area contributed by atoms with Gasteiger partial charge in [-0.3, -0.25) is 15.0 Å². The summed E-state index contributed by atoms with van der Waals surface area (Å²) in [6.45, 7) is 1.57. The standard InChI is InChI=1S/C15H19FN6O2/c1-9-11(7-10(16)8-12(9)22(23)24)21-14(18)19-13(17)20-15(21)5-3-2-4-6-15/h7-8H,2-6H2,1H3,(H4,17,18,19,20). The number of nitrogens with zero attached hydrogens (tertiary/aromatic N) is 4. The molecule has 1 aliphatic heterocycles. The zero-order chi connectivity index (χ0) is 17.5. The molecular formula is C15H19FN6O2. The van der Waals surface area contributed by atoms with Crippen LogP contribution in [0.3, 0.4) is 0 Å². The van der Waals surface area contributed by atoms with Crippen LogP contribution in [0.5, 0.6) is 0 Å². The molecule has 0 unspecified atom stereocenters. The fraction of sp³-hybridized carbons (Fsp3) is 0.467. The molecule has 1 fully saturated rings. The highest BCUT2D eigenvalue weighted by Gasteiger charge is 2.43.